The van der Waals surface area contributed by atoms with Crippen LogP contribution in [0.2, 0.25) is 0 Å². The molecule has 1 atom stereocenters. The summed E-state index contributed by atoms with van der Waals surface area (Å²) in [6, 6.07) is 0. The summed E-state index contributed by atoms with van der Waals surface area (Å²) in [5.74, 6) is 2.03. The molecule has 0 spiro atoms. The summed E-state index contributed by atoms with van der Waals surface area (Å²) in [5, 5.41) is 0. The Morgan fingerprint density at radius 1 is 1.25 bits per heavy atom. The van der Waals surface area contributed by atoms with Crippen LogP contribution in [0.4, 0.5) is 0 Å². The summed E-state index contributed by atoms with van der Waals surface area (Å²) >= 11 is 8.02. The quantitative estimate of drug-likeness (QED) is 0.555. The number of hydrogen-bond donors (Lipinski definition) is 0. The minimum absolute atomic E-state index is 0.351. The Labute approximate surface area is 86.5 Å². The van der Waals surface area contributed by atoms with E-state index < -0.39 is 0 Å². The first-order chi connectivity index (χ1) is 5.66. The average Bonchev–Trinajstić information content (AvgIpc) is 2.00. The first kappa shape index (κ1) is 12.6. The second kappa shape index (κ2) is 8.25. The van der Waals surface area contributed by atoms with E-state index in [9.17, 15) is 0 Å². The molecule has 2 heteroatoms. The van der Waals surface area contributed by atoms with Crippen molar-refractivity contribution in [3.8, 4) is 0 Å². The Balaban J connectivity index is 3.13. The smallest absolute Gasteiger partial charge is 0.0788 e. The summed E-state index contributed by atoms with van der Waals surface area (Å²) in [6.45, 7) is 6.73. The minimum atomic E-state index is 0.351. The normalized spacial score (nSPS) is 13.8. The highest BCUT2D eigenvalue weighted by molar-refractivity contribution is 8.01. The molecule has 0 saturated heterocycles. The highest BCUT2D eigenvalue weighted by Gasteiger charge is 2.04. The number of alkyl halides is 1. The van der Waals surface area contributed by atoms with Gasteiger partial charge in [0, 0.05) is 0 Å². The van der Waals surface area contributed by atoms with Gasteiger partial charge in [0.15, 0.2) is 0 Å². The zero-order valence-electron chi connectivity index (χ0n) is 8.48. The molecule has 0 aliphatic carbocycles. The molecule has 0 radical (unpaired) electrons. The molecule has 0 amide bonds. The van der Waals surface area contributed by atoms with E-state index in [0.29, 0.717) is 4.71 Å². The lowest BCUT2D eigenvalue weighted by atomic mass is 10.2. The molecule has 0 aromatic heterocycles. The monoisotopic (exact) mass is 208 g/mol. The molecule has 0 bridgehead atoms. The molecule has 1 unspecified atom stereocenters. The molecule has 0 saturated carbocycles. The van der Waals surface area contributed by atoms with Crippen molar-refractivity contribution in [3.05, 3.63) is 0 Å². The van der Waals surface area contributed by atoms with Gasteiger partial charge < -0.3 is 0 Å². The van der Waals surface area contributed by atoms with Gasteiger partial charge in [-0.1, -0.05) is 33.6 Å². The Morgan fingerprint density at radius 2 is 1.92 bits per heavy atom. The van der Waals surface area contributed by atoms with Gasteiger partial charge in [-0.2, -0.15) is 0 Å². The minimum Gasteiger partial charge on any atom is -0.142 e. The first-order valence-corrected chi connectivity index (χ1v) is 6.41. The van der Waals surface area contributed by atoms with Crippen molar-refractivity contribution in [2.45, 2.75) is 51.2 Å². The molecule has 0 heterocycles. The van der Waals surface area contributed by atoms with E-state index >= 15 is 0 Å². The lowest BCUT2D eigenvalue weighted by Crippen LogP contribution is -1.96. The van der Waals surface area contributed by atoms with Gasteiger partial charge in [-0.25, -0.2) is 0 Å². The van der Waals surface area contributed by atoms with E-state index in [0.717, 1.165) is 5.92 Å². The molecule has 74 valence electrons. The Morgan fingerprint density at radius 3 is 2.42 bits per heavy atom. The largest absolute Gasteiger partial charge is 0.142 e. The average molecular weight is 209 g/mol. The SMILES string of the molecule is CCCCC(Cl)SCCC(C)C. The van der Waals surface area contributed by atoms with Gasteiger partial charge >= 0.3 is 0 Å². The third-order valence-electron chi connectivity index (χ3n) is 1.78. The highest BCUT2D eigenvalue weighted by Crippen LogP contribution is 2.22. The fourth-order valence-corrected chi connectivity index (χ4v) is 2.50. The van der Waals surface area contributed by atoms with Crippen LogP contribution in [-0.4, -0.2) is 10.5 Å². The van der Waals surface area contributed by atoms with E-state index in [2.05, 4.69) is 20.8 Å². The van der Waals surface area contributed by atoms with Crippen LogP contribution >= 0.6 is 23.4 Å². The lowest BCUT2D eigenvalue weighted by Gasteiger charge is -2.09. The van der Waals surface area contributed by atoms with Crippen molar-refractivity contribution in [3.63, 3.8) is 0 Å². The zero-order chi connectivity index (χ0) is 9.40. The fraction of sp³-hybridized carbons (Fsp3) is 1.00. The topological polar surface area (TPSA) is 0 Å². The van der Waals surface area contributed by atoms with Gasteiger partial charge in [-0.15, -0.1) is 23.4 Å². The van der Waals surface area contributed by atoms with Crippen LogP contribution in [0.3, 0.4) is 0 Å². The van der Waals surface area contributed by atoms with Crippen molar-refractivity contribution >= 4 is 23.4 Å². The molecule has 0 aromatic rings. The van der Waals surface area contributed by atoms with Crippen LogP contribution in [0, 0.1) is 5.92 Å². The van der Waals surface area contributed by atoms with E-state index in [1.54, 1.807) is 0 Å². The Hall–Kier alpha value is 0.640. The summed E-state index contributed by atoms with van der Waals surface area (Å²) in [6.07, 6.45) is 4.98. The van der Waals surface area contributed by atoms with Crippen LogP contribution in [0.15, 0.2) is 0 Å². The zero-order valence-corrected chi connectivity index (χ0v) is 10.0. The summed E-state index contributed by atoms with van der Waals surface area (Å²) < 4.78 is 0.351. The van der Waals surface area contributed by atoms with Crippen LogP contribution in [-0.2, 0) is 0 Å². The predicted molar refractivity (Wildman–Crippen MR) is 61.1 cm³/mol. The maximum atomic E-state index is 6.11. The number of thioether (sulfide) groups is 1. The standard InChI is InChI=1S/C10H21ClS/c1-4-5-6-10(11)12-8-7-9(2)3/h9-10H,4-8H2,1-3H3. The molecule has 0 nitrogen and oxygen atoms in total. The second-order valence-electron chi connectivity index (χ2n) is 3.61. The van der Waals surface area contributed by atoms with Gasteiger partial charge in [-0.05, 0) is 24.5 Å². The van der Waals surface area contributed by atoms with Crippen LogP contribution in [0.5, 0.6) is 0 Å². The van der Waals surface area contributed by atoms with Gasteiger partial charge in [-0.3, -0.25) is 0 Å². The maximum Gasteiger partial charge on any atom is 0.0788 e. The molecule has 12 heavy (non-hydrogen) atoms. The molecule has 0 aliphatic rings. The third-order valence-corrected chi connectivity index (χ3v) is 3.44. The third kappa shape index (κ3) is 8.73. The Kier molecular flexibility index (Phi) is 8.69. The molecule has 0 fully saturated rings. The van der Waals surface area contributed by atoms with Crippen molar-refractivity contribution in [2.24, 2.45) is 5.92 Å². The molecule has 0 N–H and O–H groups in total. The van der Waals surface area contributed by atoms with Crippen LogP contribution in [0.1, 0.15) is 46.5 Å². The second-order valence-corrected chi connectivity index (χ2v) is 5.70. The summed E-state index contributed by atoms with van der Waals surface area (Å²) in [5.41, 5.74) is 0. The van der Waals surface area contributed by atoms with Gasteiger partial charge in [0.05, 0.1) is 4.71 Å². The van der Waals surface area contributed by atoms with Gasteiger partial charge in [0.1, 0.15) is 0 Å². The van der Waals surface area contributed by atoms with Gasteiger partial charge in [0.25, 0.3) is 0 Å². The number of unbranched alkanes of at least 4 members (excludes halogenated alkanes) is 1. The summed E-state index contributed by atoms with van der Waals surface area (Å²) in [4.78, 5) is 0. The number of rotatable bonds is 7. The van der Waals surface area contributed by atoms with Crippen molar-refractivity contribution in [1.82, 2.24) is 0 Å². The Bertz CT molecular complexity index is 93.8. The van der Waals surface area contributed by atoms with E-state index in [1.807, 2.05) is 11.8 Å². The van der Waals surface area contributed by atoms with Crippen LogP contribution in [0.25, 0.3) is 0 Å². The van der Waals surface area contributed by atoms with E-state index in [4.69, 9.17) is 11.6 Å². The number of hydrogen-bond acceptors (Lipinski definition) is 1. The first-order valence-electron chi connectivity index (χ1n) is 4.92. The van der Waals surface area contributed by atoms with Crippen LogP contribution < -0.4 is 0 Å². The molecular formula is C10H21ClS. The predicted octanol–water partition coefficient (Wildman–Crippen LogP) is 4.52. The van der Waals surface area contributed by atoms with Crippen molar-refractivity contribution < 1.29 is 0 Å². The van der Waals surface area contributed by atoms with Crippen molar-refractivity contribution in [1.29, 1.82) is 0 Å². The molecular weight excluding hydrogens is 188 g/mol. The van der Waals surface area contributed by atoms with E-state index in [1.165, 1.54) is 31.4 Å². The maximum absolute atomic E-state index is 6.11. The lowest BCUT2D eigenvalue weighted by molar-refractivity contribution is 0.631. The van der Waals surface area contributed by atoms with Gasteiger partial charge in [0.2, 0.25) is 0 Å². The molecule has 0 rings (SSSR count). The summed E-state index contributed by atoms with van der Waals surface area (Å²) in [7, 11) is 0. The molecule has 0 aromatic carbocycles. The molecule has 0 aliphatic heterocycles. The van der Waals surface area contributed by atoms with E-state index in [-0.39, 0.29) is 0 Å². The fourth-order valence-electron chi connectivity index (χ4n) is 0.880. The highest BCUT2D eigenvalue weighted by atomic mass is 35.5. The van der Waals surface area contributed by atoms with Crippen molar-refractivity contribution in [2.75, 3.05) is 5.75 Å². The number of halogens is 1.